The molecule has 17 heavy (non-hydrogen) atoms. The number of aromatic nitrogens is 2. The summed E-state index contributed by atoms with van der Waals surface area (Å²) < 4.78 is 1.67. The molecule has 1 amide bonds. The SMILES string of the molecule is CCN(C(=O)c1cc(C)nn1C)C1CCNC1. The molecule has 0 bridgehead atoms. The molecule has 0 saturated carbocycles. The highest BCUT2D eigenvalue weighted by Crippen LogP contribution is 2.13. The van der Waals surface area contributed by atoms with Crippen molar-refractivity contribution in [3.63, 3.8) is 0 Å². The number of aryl methyl sites for hydroxylation is 2. The maximum Gasteiger partial charge on any atom is 0.272 e. The molecule has 1 saturated heterocycles. The summed E-state index contributed by atoms with van der Waals surface area (Å²) in [7, 11) is 1.82. The first-order chi connectivity index (χ1) is 8.13. The van der Waals surface area contributed by atoms with Crippen LogP contribution in [0.5, 0.6) is 0 Å². The van der Waals surface area contributed by atoms with Crippen LogP contribution in [-0.2, 0) is 7.05 Å². The van der Waals surface area contributed by atoms with Gasteiger partial charge in [0.25, 0.3) is 5.91 Å². The third-order valence-corrected chi connectivity index (χ3v) is 3.30. The molecule has 0 aromatic carbocycles. The molecular formula is C12H20N4O. The van der Waals surface area contributed by atoms with E-state index in [4.69, 9.17) is 0 Å². The van der Waals surface area contributed by atoms with Gasteiger partial charge < -0.3 is 10.2 Å². The van der Waals surface area contributed by atoms with Crippen molar-refractivity contribution in [3.8, 4) is 0 Å². The van der Waals surface area contributed by atoms with E-state index in [-0.39, 0.29) is 5.91 Å². The number of nitrogens with one attached hydrogen (secondary N) is 1. The molecule has 1 N–H and O–H groups in total. The van der Waals surface area contributed by atoms with Gasteiger partial charge in [-0.05, 0) is 32.9 Å². The molecule has 1 fully saturated rings. The first-order valence-corrected chi connectivity index (χ1v) is 6.15. The molecule has 2 rings (SSSR count). The lowest BCUT2D eigenvalue weighted by Crippen LogP contribution is -2.42. The van der Waals surface area contributed by atoms with Gasteiger partial charge in [-0.3, -0.25) is 9.48 Å². The fraction of sp³-hybridized carbons (Fsp3) is 0.667. The van der Waals surface area contributed by atoms with E-state index in [9.17, 15) is 4.79 Å². The van der Waals surface area contributed by atoms with Crippen LogP contribution in [0.4, 0.5) is 0 Å². The van der Waals surface area contributed by atoms with E-state index < -0.39 is 0 Å². The third-order valence-electron chi connectivity index (χ3n) is 3.30. The highest BCUT2D eigenvalue weighted by Gasteiger charge is 2.27. The minimum absolute atomic E-state index is 0.0873. The summed E-state index contributed by atoms with van der Waals surface area (Å²) in [5.41, 5.74) is 1.56. The summed E-state index contributed by atoms with van der Waals surface area (Å²) in [5, 5.41) is 7.53. The summed E-state index contributed by atoms with van der Waals surface area (Å²) in [6, 6.07) is 2.18. The molecule has 1 aliphatic heterocycles. The highest BCUT2D eigenvalue weighted by atomic mass is 16.2. The van der Waals surface area contributed by atoms with Gasteiger partial charge in [0.1, 0.15) is 5.69 Å². The number of amides is 1. The van der Waals surface area contributed by atoms with E-state index >= 15 is 0 Å². The Bertz CT molecular complexity index is 407. The Morgan fingerprint density at radius 3 is 2.94 bits per heavy atom. The van der Waals surface area contributed by atoms with Crippen molar-refractivity contribution in [1.82, 2.24) is 20.0 Å². The van der Waals surface area contributed by atoms with Gasteiger partial charge in [-0.25, -0.2) is 0 Å². The van der Waals surface area contributed by atoms with E-state index in [1.54, 1.807) is 4.68 Å². The van der Waals surface area contributed by atoms with Crippen LogP contribution in [0, 0.1) is 6.92 Å². The molecule has 0 radical (unpaired) electrons. The molecule has 94 valence electrons. The zero-order valence-electron chi connectivity index (χ0n) is 10.7. The Morgan fingerprint density at radius 1 is 1.71 bits per heavy atom. The minimum Gasteiger partial charge on any atom is -0.333 e. The Hall–Kier alpha value is -1.36. The molecule has 1 unspecified atom stereocenters. The van der Waals surface area contributed by atoms with E-state index in [0.717, 1.165) is 31.7 Å². The Labute approximate surface area is 102 Å². The predicted molar refractivity (Wildman–Crippen MR) is 65.9 cm³/mol. The van der Waals surface area contributed by atoms with Crippen molar-refractivity contribution in [2.75, 3.05) is 19.6 Å². The van der Waals surface area contributed by atoms with Gasteiger partial charge in [0.15, 0.2) is 0 Å². The van der Waals surface area contributed by atoms with Gasteiger partial charge in [-0.1, -0.05) is 0 Å². The van der Waals surface area contributed by atoms with Gasteiger partial charge in [-0.15, -0.1) is 0 Å². The predicted octanol–water partition coefficient (Wildman–Crippen LogP) is 0.553. The highest BCUT2D eigenvalue weighted by molar-refractivity contribution is 5.93. The van der Waals surface area contributed by atoms with Gasteiger partial charge in [0.2, 0.25) is 0 Å². The second-order valence-corrected chi connectivity index (χ2v) is 4.53. The smallest absolute Gasteiger partial charge is 0.272 e. The number of carbonyl (C=O) groups is 1. The first kappa shape index (κ1) is 12.1. The second kappa shape index (κ2) is 4.87. The number of hydrogen-bond acceptors (Lipinski definition) is 3. The van der Waals surface area contributed by atoms with Gasteiger partial charge in [0.05, 0.1) is 5.69 Å². The Morgan fingerprint density at radius 2 is 2.47 bits per heavy atom. The van der Waals surface area contributed by atoms with E-state index in [1.807, 2.05) is 31.9 Å². The molecule has 1 aromatic rings. The van der Waals surface area contributed by atoms with Gasteiger partial charge in [0, 0.05) is 26.2 Å². The molecular weight excluding hydrogens is 216 g/mol. The Balaban J connectivity index is 2.19. The molecule has 1 aromatic heterocycles. The fourth-order valence-corrected chi connectivity index (χ4v) is 2.43. The summed E-state index contributed by atoms with van der Waals surface area (Å²) in [5.74, 6) is 0.0873. The standard InChI is InChI=1S/C12H20N4O/c1-4-16(10-5-6-13-8-10)12(17)11-7-9(2)14-15(11)3/h7,10,13H,4-6,8H2,1-3H3. The number of carbonyl (C=O) groups excluding carboxylic acids is 1. The zero-order chi connectivity index (χ0) is 12.4. The summed E-state index contributed by atoms with van der Waals surface area (Å²) in [4.78, 5) is 14.4. The quantitative estimate of drug-likeness (QED) is 0.834. The van der Waals surface area contributed by atoms with Crippen LogP contribution in [0.2, 0.25) is 0 Å². The average Bonchev–Trinajstić information content (AvgIpc) is 2.89. The first-order valence-electron chi connectivity index (χ1n) is 6.15. The molecule has 5 nitrogen and oxygen atoms in total. The van der Waals surface area contributed by atoms with Crippen LogP contribution in [0.1, 0.15) is 29.5 Å². The zero-order valence-corrected chi connectivity index (χ0v) is 10.7. The molecule has 2 heterocycles. The number of likely N-dealkylation sites (N-methyl/N-ethyl adjacent to an activating group) is 1. The number of rotatable bonds is 3. The summed E-state index contributed by atoms with van der Waals surface area (Å²) in [6.07, 6.45) is 1.04. The largest absolute Gasteiger partial charge is 0.333 e. The normalized spacial score (nSPS) is 19.6. The summed E-state index contributed by atoms with van der Waals surface area (Å²) in [6.45, 7) is 6.58. The maximum absolute atomic E-state index is 12.4. The molecule has 0 spiro atoms. The summed E-state index contributed by atoms with van der Waals surface area (Å²) >= 11 is 0. The van der Waals surface area contributed by atoms with Crippen molar-refractivity contribution < 1.29 is 4.79 Å². The number of hydrogen-bond donors (Lipinski definition) is 1. The molecule has 1 atom stereocenters. The van der Waals surface area contributed by atoms with Gasteiger partial charge in [-0.2, -0.15) is 5.10 Å². The van der Waals surface area contributed by atoms with E-state index in [1.165, 1.54) is 0 Å². The van der Waals surface area contributed by atoms with Crippen LogP contribution in [-0.4, -0.2) is 46.3 Å². The van der Waals surface area contributed by atoms with E-state index in [2.05, 4.69) is 10.4 Å². The van der Waals surface area contributed by atoms with Crippen LogP contribution in [0.15, 0.2) is 6.07 Å². The van der Waals surface area contributed by atoms with Crippen molar-refractivity contribution in [2.45, 2.75) is 26.3 Å². The molecule has 1 aliphatic rings. The van der Waals surface area contributed by atoms with Crippen LogP contribution >= 0.6 is 0 Å². The van der Waals surface area contributed by atoms with E-state index in [0.29, 0.717) is 11.7 Å². The monoisotopic (exact) mass is 236 g/mol. The average molecular weight is 236 g/mol. The number of nitrogens with zero attached hydrogens (tertiary/aromatic N) is 3. The topological polar surface area (TPSA) is 50.2 Å². The van der Waals surface area contributed by atoms with Crippen molar-refractivity contribution in [1.29, 1.82) is 0 Å². The molecule has 5 heteroatoms. The third kappa shape index (κ3) is 2.34. The van der Waals surface area contributed by atoms with Crippen LogP contribution in [0.3, 0.4) is 0 Å². The van der Waals surface area contributed by atoms with Crippen molar-refractivity contribution >= 4 is 5.91 Å². The van der Waals surface area contributed by atoms with Gasteiger partial charge >= 0.3 is 0 Å². The Kier molecular flexibility index (Phi) is 3.47. The van der Waals surface area contributed by atoms with Crippen LogP contribution in [0.25, 0.3) is 0 Å². The van der Waals surface area contributed by atoms with Crippen molar-refractivity contribution in [3.05, 3.63) is 17.5 Å². The molecule has 0 aliphatic carbocycles. The lowest BCUT2D eigenvalue weighted by molar-refractivity contribution is 0.0692. The minimum atomic E-state index is 0.0873. The fourth-order valence-electron chi connectivity index (χ4n) is 2.43. The maximum atomic E-state index is 12.4. The lowest BCUT2D eigenvalue weighted by atomic mass is 10.2. The lowest BCUT2D eigenvalue weighted by Gasteiger charge is -2.27. The van der Waals surface area contributed by atoms with Crippen molar-refractivity contribution in [2.24, 2.45) is 7.05 Å². The van der Waals surface area contributed by atoms with Crippen LogP contribution < -0.4 is 5.32 Å². The second-order valence-electron chi connectivity index (χ2n) is 4.53.